The van der Waals surface area contributed by atoms with Gasteiger partial charge in [0.15, 0.2) is 5.78 Å². The lowest BCUT2D eigenvalue weighted by Gasteiger charge is -2.42. The van der Waals surface area contributed by atoms with Gasteiger partial charge in [-0.1, -0.05) is 24.6 Å². The maximum atomic E-state index is 13.0. The van der Waals surface area contributed by atoms with Crippen LogP contribution < -0.4 is 0 Å². The monoisotopic (exact) mass is 375 g/mol. The summed E-state index contributed by atoms with van der Waals surface area (Å²) in [5.74, 6) is 0.525. The van der Waals surface area contributed by atoms with Gasteiger partial charge >= 0.3 is 0 Å². The summed E-state index contributed by atoms with van der Waals surface area (Å²) < 4.78 is 0. The first-order chi connectivity index (χ1) is 11.7. The maximum absolute atomic E-state index is 13.0. The molecule has 1 aliphatic heterocycles. The van der Waals surface area contributed by atoms with Gasteiger partial charge in [0, 0.05) is 29.0 Å². The van der Waals surface area contributed by atoms with E-state index in [4.69, 9.17) is 0 Å². The Morgan fingerprint density at radius 1 is 1.04 bits per heavy atom. The van der Waals surface area contributed by atoms with Crippen molar-refractivity contribution in [3.8, 4) is 0 Å². The first-order valence-electron chi connectivity index (χ1n) is 9.10. The van der Waals surface area contributed by atoms with Crippen molar-refractivity contribution in [3.05, 3.63) is 42.0 Å². The van der Waals surface area contributed by atoms with E-state index in [0.29, 0.717) is 5.78 Å². The Hall–Kier alpha value is -1.03. The zero-order valence-corrected chi connectivity index (χ0v) is 16.4. The number of carbonyl (C=O) groups is 1. The van der Waals surface area contributed by atoms with Gasteiger partial charge in [-0.2, -0.15) is 0 Å². The van der Waals surface area contributed by atoms with Crippen LogP contribution in [0, 0.1) is 5.92 Å². The summed E-state index contributed by atoms with van der Waals surface area (Å²) in [5, 5.41) is 2.39. The highest BCUT2D eigenvalue weighted by molar-refractivity contribution is 7.98. The third-order valence-corrected chi connectivity index (χ3v) is 6.47. The molecule has 0 spiro atoms. The molecule has 0 radical (unpaired) electrons. The van der Waals surface area contributed by atoms with Gasteiger partial charge in [0.05, 0.1) is 0 Å². The number of Topliss-reactive ketones (excluding diaryl/α,β-unsaturated/α-hetero) is 1. The number of benzene rings is 2. The molecule has 0 N–H and O–H groups in total. The van der Waals surface area contributed by atoms with Gasteiger partial charge in [0.1, 0.15) is 0 Å². The molecule has 0 aromatic heterocycles. The molecule has 134 valence electrons. The Balaban J connectivity index is 0.00000182. The number of rotatable bonds is 4. The van der Waals surface area contributed by atoms with Gasteiger partial charge in [0.2, 0.25) is 0 Å². The molecule has 1 saturated heterocycles. The number of fused-ring (bicyclic) bond motifs is 1. The second-order valence-electron chi connectivity index (χ2n) is 7.21. The van der Waals surface area contributed by atoms with Gasteiger partial charge in [-0.05, 0) is 67.5 Å². The largest absolute Gasteiger partial charge is 0.300 e. The topological polar surface area (TPSA) is 20.3 Å². The third-order valence-electron chi connectivity index (χ3n) is 5.75. The van der Waals surface area contributed by atoms with Gasteiger partial charge in [-0.15, -0.1) is 24.2 Å². The zero-order valence-electron chi connectivity index (χ0n) is 14.7. The summed E-state index contributed by atoms with van der Waals surface area (Å²) in [7, 11) is 0. The van der Waals surface area contributed by atoms with Crippen LogP contribution in [0.15, 0.2) is 41.3 Å². The number of thioether (sulfide) groups is 1. The Kier molecular flexibility index (Phi) is 6.08. The van der Waals surface area contributed by atoms with E-state index in [1.807, 2.05) is 6.07 Å². The lowest BCUT2D eigenvalue weighted by Crippen LogP contribution is -2.47. The quantitative estimate of drug-likeness (QED) is 0.524. The smallest absolute Gasteiger partial charge is 0.167 e. The number of hydrogen-bond acceptors (Lipinski definition) is 3. The summed E-state index contributed by atoms with van der Waals surface area (Å²) >= 11 is 1.75. The van der Waals surface area contributed by atoms with Crippen LogP contribution in [0.2, 0.25) is 0 Å². The van der Waals surface area contributed by atoms with Crippen molar-refractivity contribution in [1.82, 2.24) is 4.90 Å². The SMILES string of the molecule is CSc1ccc2cc(C(=O)C3CCCN(C4CCC4)C3)ccc2c1.Cl. The van der Waals surface area contributed by atoms with Crippen LogP contribution in [0.25, 0.3) is 10.8 Å². The van der Waals surface area contributed by atoms with Crippen LogP contribution in [0.4, 0.5) is 0 Å². The normalized spacial score (nSPS) is 21.6. The standard InChI is InChI=1S/C21H25NOS.ClH/c1-24-20-10-9-15-12-17(8-7-16(15)13-20)21(23)18-4-3-11-22(14-18)19-5-2-6-19;/h7-10,12-13,18-19H,2-6,11,14H2,1H3;1H. The van der Waals surface area contributed by atoms with E-state index in [2.05, 4.69) is 41.5 Å². The lowest BCUT2D eigenvalue weighted by atomic mass is 9.85. The fourth-order valence-electron chi connectivity index (χ4n) is 4.04. The highest BCUT2D eigenvalue weighted by Gasteiger charge is 2.32. The molecule has 4 heteroatoms. The van der Waals surface area contributed by atoms with Crippen molar-refractivity contribution in [2.75, 3.05) is 19.3 Å². The van der Waals surface area contributed by atoms with Crippen LogP contribution in [0.1, 0.15) is 42.5 Å². The minimum atomic E-state index is 0. The summed E-state index contributed by atoms with van der Waals surface area (Å²) in [6, 6.07) is 13.4. The van der Waals surface area contributed by atoms with Gasteiger partial charge in [-0.3, -0.25) is 9.69 Å². The highest BCUT2D eigenvalue weighted by atomic mass is 35.5. The van der Waals surface area contributed by atoms with Gasteiger partial charge in [0.25, 0.3) is 0 Å². The number of piperidine rings is 1. The lowest BCUT2D eigenvalue weighted by molar-refractivity contribution is 0.0612. The second kappa shape index (κ2) is 8.11. The molecule has 1 atom stereocenters. The van der Waals surface area contributed by atoms with Crippen molar-refractivity contribution in [1.29, 1.82) is 0 Å². The highest BCUT2D eigenvalue weighted by Crippen LogP contribution is 2.31. The number of likely N-dealkylation sites (tertiary alicyclic amines) is 1. The Bertz CT molecular complexity index is 759. The van der Waals surface area contributed by atoms with Crippen molar-refractivity contribution in [3.63, 3.8) is 0 Å². The number of carbonyl (C=O) groups excluding carboxylic acids is 1. The van der Waals surface area contributed by atoms with E-state index in [0.717, 1.165) is 31.0 Å². The maximum Gasteiger partial charge on any atom is 0.167 e. The van der Waals surface area contributed by atoms with Crippen LogP contribution >= 0.6 is 24.2 Å². The minimum Gasteiger partial charge on any atom is -0.300 e. The number of hydrogen-bond donors (Lipinski definition) is 0. The number of halogens is 1. The Morgan fingerprint density at radius 2 is 1.80 bits per heavy atom. The zero-order chi connectivity index (χ0) is 16.5. The van der Waals surface area contributed by atoms with Gasteiger partial charge < -0.3 is 0 Å². The molecule has 0 bridgehead atoms. The van der Waals surface area contributed by atoms with Crippen LogP contribution in [0.5, 0.6) is 0 Å². The molecule has 25 heavy (non-hydrogen) atoms. The van der Waals surface area contributed by atoms with Crippen molar-refractivity contribution in [2.24, 2.45) is 5.92 Å². The van der Waals surface area contributed by atoms with E-state index >= 15 is 0 Å². The van der Waals surface area contributed by atoms with Crippen LogP contribution in [0.3, 0.4) is 0 Å². The first kappa shape index (κ1) is 18.8. The fraction of sp³-hybridized carbons (Fsp3) is 0.476. The molecule has 1 aliphatic carbocycles. The van der Waals surface area contributed by atoms with Crippen molar-refractivity contribution in [2.45, 2.75) is 43.0 Å². The van der Waals surface area contributed by atoms with E-state index < -0.39 is 0 Å². The molecule has 2 aromatic rings. The molecule has 0 amide bonds. The van der Waals surface area contributed by atoms with Crippen molar-refractivity contribution >= 4 is 40.7 Å². The van der Waals surface area contributed by atoms with Crippen molar-refractivity contribution < 1.29 is 4.79 Å². The molecule has 4 rings (SSSR count). The van der Waals surface area contributed by atoms with Crippen LogP contribution in [-0.4, -0.2) is 36.1 Å². The third kappa shape index (κ3) is 3.89. The van der Waals surface area contributed by atoms with Gasteiger partial charge in [-0.25, -0.2) is 0 Å². The van der Waals surface area contributed by atoms with E-state index in [9.17, 15) is 4.79 Å². The van der Waals surface area contributed by atoms with E-state index in [1.54, 1.807) is 11.8 Å². The van der Waals surface area contributed by atoms with E-state index in [1.165, 1.54) is 41.5 Å². The van der Waals surface area contributed by atoms with E-state index in [-0.39, 0.29) is 18.3 Å². The fourth-order valence-corrected chi connectivity index (χ4v) is 4.49. The Morgan fingerprint density at radius 3 is 2.52 bits per heavy atom. The first-order valence-corrected chi connectivity index (χ1v) is 10.3. The summed E-state index contributed by atoms with van der Waals surface area (Å²) in [4.78, 5) is 16.8. The van der Waals surface area contributed by atoms with Crippen LogP contribution in [-0.2, 0) is 0 Å². The average molecular weight is 376 g/mol. The minimum absolute atomic E-state index is 0. The molecule has 2 aromatic carbocycles. The summed E-state index contributed by atoms with van der Waals surface area (Å²) in [5.41, 5.74) is 0.889. The molecule has 2 aliphatic rings. The molecule has 1 saturated carbocycles. The summed E-state index contributed by atoms with van der Waals surface area (Å²) in [6.07, 6.45) is 8.32. The summed E-state index contributed by atoms with van der Waals surface area (Å²) in [6.45, 7) is 2.15. The molecule has 1 heterocycles. The average Bonchev–Trinajstić information content (AvgIpc) is 2.59. The predicted molar refractivity (Wildman–Crippen MR) is 109 cm³/mol. The predicted octanol–water partition coefficient (Wildman–Crippen LogP) is 5.43. The molecule has 2 nitrogen and oxygen atoms in total. The Labute approximate surface area is 160 Å². The molecular formula is C21H26ClNOS. The molecular weight excluding hydrogens is 350 g/mol. The molecule has 1 unspecified atom stereocenters. The molecule has 2 fully saturated rings. The second-order valence-corrected chi connectivity index (χ2v) is 8.09. The number of nitrogens with zero attached hydrogens (tertiary/aromatic N) is 1. The number of ketones is 1.